The van der Waals surface area contributed by atoms with Crippen molar-refractivity contribution in [1.82, 2.24) is 4.81 Å². The van der Waals surface area contributed by atoms with E-state index in [-0.39, 0.29) is 23.8 Å². The molecule has 6 heteroatoms. The molecule has 2 atom stereocenters. The fraction of sp³-hybridized carbons (Fsp3) is 0.750. The Balaban J connectivity index is 2.58. The van der Waals surface area contributed by atoms with E-state index in [4.69, 9.17) is 0 Å². The fourth-order valence-electron chi connectivity index (χ4n) is 1.28. The Bertz CT molecular complexity index is 249. The Hall–Kier alpha value is -0.0951. The van der Waals surface area contributed by atoms with Crippen molar-refractivity contribution in [2.24, 2.45) is 0 Å². The maximum atomic E-state index is 11.6. The van der Waals surface area contributed by atoms with E-state index < -0.39 is 0 Å². The molecular formula is C8H14BNO2S2. The second-order valence-corrected chi connectivity index (χ2v) is 5.28. The molecule has 78 valence electrons. The molecule has 1 heterocycles. The van der Waals surface area contributed by atoms with E-state index in [9.17, 15) is 9.59 Å². The van der Waals surface area contributed by atoms with Crippen LogP contribution in [0.25, 0.3) is 0 Å². The number of hydrogen-bond acceptors (Lipinski definition) is 4. The number of imide groups is 1. The summed E-state index contributed by atoms with van der Waals surface area (Å²) in [5.41, 5.74) is 0. The summed E-state index contributed by atoms with van der Waals surface area (Å²) in [4.78, 5) is 24.2. The van der Waals surface area contributed by atoms with Crippen LogP contribution >= 0.6 is 24.2 Å². The van der Waals surface area contributed by atoms with Crippen molar-refractivity contribution in [3.63, 3.8) is 0 Å². The molecule has 3 nitrogen and oxygen atoms in total. The average molecular weight is 231 g/mol. The summed E-state index contributed by atoms with van der Waals surface area (Å²) in [6.45, 7) is 4.36. The maximum Gasteiger partial charge on any atom is 0.312 e. The van der Waals surface area contributed by atoms with Gasteiger partial charge in [0.25, 0.3) is 0 Å². The predicted molar refractivity (Wildman–Crippen MR) is 63.7 cm³/mol. The van der Waals surface area contributed by atoms with Crippen LogP contribution < -0.4 is 0 Å². The van der Waals surface area contributed by atoms with Gasteiger partial charge in [-0.3, -0.25) is 9.59 Å². The van der Waals surface area contributed by atoms with Gasteiger partial charge in [0, 0.05) is 11.7 Å². The van der Waals surface area contributed by atoms with Gasteiger partial charge < -0.3 is 4.81 Å². The molecule has 0 aromatic rings. The number of thiol groups is 1. The van der Waals surface area contributed by atoms with Gasteiger partial charge in [0.15, 0.2) is 0 Å². The van der Waals surface area contributed by atoms with Crippen molar-refractivity contribution in [1.29, 1.82) is 0 Å². The van der Waals surface area contributed by atoms with Crippen LogP contribution in [0.5, 0.6) is 0 Å². The molecule has 0 saturated carbocycles. The molecule has 2 unspecified atom stereocenters. The molecule has 0 aliphatic carbocycles. The molecule has 0 aromatic heterocycles. The summed E-state index contributed by atoms with van der Waals surface area (Å²) < 4.78 is 0. The maximum absolute atomic E-state index is 11.6. The molecule has 0 aromatic carbocycles. The standard InChI is InChI=1S/C8H14BNO2S2/c1-3-5(2)14-6-4-7(11)10(9-13)8(6)12/h5-6,9,13H,3-4H2,1-2H3. The molecule has 14 heavy (non-hydrogen) atoms. The molecule has 0 bridgehead atoms. The lowest BCUT2D eigenvalue weighted by atomic mass is 10.3. The largest absolute Gasteiger partial charge is 0.320 e. The first-order valence-corrected chi connectivity index (χ1v) is 6.28. The number of carbonyl (C=O) groups excluding carboxylic acids is 2. The van der Waals surface area contributed by atoms with Gasteiger partial charge in [-0.05, 0) is 6.42 Å². The Labute approximate surface area is 94.6 Å². The number of hydrogen-bond donors (Lipinski definition) is 1. The van der Waals surface area contributed by atoms with Crippen LogP contribution in [0, 0.1) is 0 Å². The first-order chi connectivity index (χ1) is 6.60. The van der Waals surface area contributed by atoms with Crippen LogP contribution in [0.3, 0.4) is 0 Å². The van der Waals surface area contributed by atoms with Crippen molar-refractivity contribution in [2.75, 3.05) is 0 Å². The van der Waals surface area contributed by atoms with Crippen LogP contribution in [-0.2, 0) is 9.59 Å². The van der Waals surface area contributed by atoms with Crippen LogP contribution in [0.2, 0.25) is 0 Å². The molecule has 1 aliphatic rings. The smallest absolute Gasteiger partial charge is 0.312 e. The monoisotopic (exact) mass is 231 g/mol. The third-order valence-electron chi connectivity index (χ3n) is 2.32. The third kappa shape index (κ3) is 2.48. The van der Waals surface area contributed by atoms with Crippen LogP contribution in [0.4, 0.5) is 0 Å². The van der Waals surface area contributed by atoms with Gasteiger partial charge >= 0.3 is 6.69 Å². The first-order valence-electron chi connectivity index (χ1n) is 4.70. The summed E-state index contributed by atoms with van der Waals surface area (Å²) in [5, 5.41) is 0.251. The number of carbonyl (C=O) groups is 2. The molecule has 1 fully saturated rings. The number of rotatable bonds is 4. The van der Waals surface area contributed by atoms with E-state index in [1.54, 1.807) is 11.8 Å². The minimum absolute atomic E-state index is 0.0738. The van der Waals surface area contributed by atoms with Gasteiger partial charge in [0.2, 0.25) is 11.8 Å². The summed E-state index contributed by atoms with van der Waals surface area (Å²) in [6.07, 6.45) is 1.36. The van der Waals surface area contributed by atoms with E-state index in [0.717, 1.165) is 6.42 Å². The van der Waals surface area contributed by atoms with Crippen molar-refractivity contribution in [2.45, 2.75) is 37.2 Å². The molecule has 0 radical (unpaired) electrons. The van der Waals surface area contributed by atoms with Crippen molar-refractivity contribution in [3.05, 3.63) is 0 Å². The highest BCUT2D eigenvalue weighted by atomic mass is 32.2. The number of amides is 2. The van der Waals surface area contributed by atoms with E-state index >= 15 is 0 Å². The zero-order valence-corrected chi connectivity index (χ0v) is 10.1. The van der Waals surface area contributed by atoms with Crippen molar-refractivity contribution < 1.29 is 9.59 Å². The zero-order chi connectivity index (χ0) is 10.7. The predicted octanol–water partition coefficient (Wildman–Crippen LogP) is 0.842. The average Bonchev–Trinajstić information content (AvgIpc) is 2.42. The Morgan fingerprint density at radius 2 is 2.36 bits per heavy atom. The molecule has 0 N–H and O–H groups in total. The zero-order valence-electron chi connectivity index (χ0n) is 8.40. The van der Waals surface area contributed by atoms with Crippen LogP contribution in [-0.4, -0.2) is 33.8 Å². The topological polar surface area (TPSA) is 37.4 Å². The van der Waals surface area contributed by atoms with E-state index in [0.29, 0.717) is 11.7 Å². The van der Waals surface area contributed by atoms with Gasteiger partial charge in [-0.15, -0.1) is 11.8 Å². The van der Waals surface area contributed by atoms with Crippen molar-refractivity contribution >= 4 is 42.7 Å². The molecule has 1 rings (SSSR count). The van der Waals surface area contributed by atoms with E-state index in [1.807, 2.05) is 0 Å². The van der Waals surface area contributed by atoms with Gasteiger partial charge in [-0.1, -0.05) is 13.8 Å². The van der Waals surface area contributed by atoms with Gasteiger partial charge in [-0.2, -0.15) is 0 Å². The lowest BCUT2D eigenvalue weighted by Crippen LogP contribution is -2.32. The lowest BCUT2D eigenvalue weighted by molar-refractivity contribution is -0.132. The van der Waals surface area contributed by atoms with Crippen molar-refractivity contribution in [3.8, 4) is 0 Å². The third-order valence-corrected chi connectivity index (χ3v) is 4.09. The highest BCUT2D eigenvalue weighted by molar-refractivity contribution is 8.06. The molecule has 1 saturated heterocycles. The van der Waals surface area contributed by atoms with Crippen LogP contribution in [0.15, 0.2) is 0 Å². The minimum atomic E-state index is -0.176. The van der Waals surface area contributed by atoms with Gasteiger partial charge in [0.05, 0.1) is 5.25 Å². The van der Waals surface area contributed by atoms with Gasteiger partial charge in [0.1, 0.15) is 0 Å². The molecule has 1 aliphatic heterocycles. The molecule has 0 spiro atoms. The molecular weight excluding hydrogens is 217 g/mol. The Kier molecular flexibility index (Phi) is 4.38. The summed E-state index contributed by atoms with van der Waals surface area (Å²) in [7, 11) is 0. The van der Waals surface area contributed by atoms with E-state index in [1.165, 1.54) is 4.81 Å². The Morgan fingerprint density at radius 1 is 1.71 bits per heavy atom. The van der Waals surface area contributed by atoms with Gasteiger partial charge in [-0.25, -0.2) is 12.5 Å². The van der Waals surface area contributed by atoms with E-state index in [2.05, 4.69) is 26.3 Å². The summed E-state index contributed by atoms with van der Waals surface area (Å²) in [6, 6.07) is 0. The number of nitrogens with zero attached hydrogens (tertiary/aromatic N) is 1. The Morgan fingerprint density at radius 3 is 2.79 bits per heavy atom. The normalized spacial score (nSPS) is 24.2. The lowest BCUT2D eigenvalue weighted by Gasteiger charge is -2.13. The first kappa shape index (κ1) is 12.0. The summed E-state index contributed by atoms with van der Waals surface area (Å²) in [5.74, 6) is -0.166. The fourth-order valence-corrected chi connectivity index (χ4v) is 2.82. The molecule has 2 amide bonds. The second kappa shape index (κ2) is 5.12. The summed E-state index contributed by atoms with van der Waals surface area (Å²) >= 11 is 5.56. The minimum Gasteiger partial charge on any atom is -0.320 e. The highest BCUT2D eigenvalue weighted by Crippen LogP contribution is 2.29. The SMILES string of the molecule is CCC(C)SC1CC(=O)N(BS)C1=O. The van der Waals surface area contributed by atoms with Crippen LogP contribution in [0.1, 0.15) is 26.7 Å². The highest BCUT2D eigenvalue weighted by Gasteiger charge is 2.38. The quantitative estimate of drug-likeness (QED) is 0.442. The second-order valence-electron chi connectivity index (χ2n) is 3.35. The number of thioether (sulfide) groups is 1.